The third-order valence-electron chi connectivity index (χ3n) is 5.04. The number of halogens is 2. The number of nitrogens with two attached hydrogens (primary N) is 1. The van der Waals surface area contributed by atoms with Crippen LogP contribution in [0.2, 0.25) is 0 Å². The van der Waals surface area contributed by atoms with Gasteiger partial charge in [0.1, 0.15) is 17.7 Å². The monoisotopic (exact) mass is 443 g/mol. The largest absolute Gasteiger partial charge is 0.378 e. The van der Waals surface area contributed by atoms with Crippen molar-refractivity contribution in [3.8, 4) is 0 Å². The number of nitrogens with zero attached hydrogens (tertiary/aromatic N) is 1. The topological polar surface area (TPSA) is 113 Å². The second-order valence-corrected chi connectivity index (χ2v) is 7.48. The van der Waals surface area contributed by atoms with Gasteiger partial charge < -0.3 is 16.2 Å². The Kier molecular flexibility index (Phi) is 7.12. The third-order valence-corrected chi connectivity index (χ3v) is 5.04. The van der Waals surface area contributed by atoms with Crippen molar-refractivity contribution in [2.75, 3.05) is 6.54 Å². The van der Waals surface area contributed by atoms with E-state index in [1.807, 2.05) is 30.3 Å². The van der Waals surface area contributed by atoms with Crippen molar-refractivity contribution >= 4 is 23.3 Å². The molecule has 7 nitrogen and oxygen atoms in total. The van der Waals surface area contributed by atoms with Gasteiger partial charge >= 0.3 is 0 Å². The lowest BCUT2D eigenvalue weighted by atomic mass is 9.99. The number of hydrogen-bond donors (Lipinski definition) is 3. The van der Waals surface area contributed by atoms with E-state index in [4.69, 9.17) is 5.73 Å². The summed E-state index contributed by atoms with van der Waals surface area (Å²) in [6, 6.07) is 8.63. The van der Waals surface area contributed by atoms with Gasteiger partial charge in [-0.1, -0.05) is 30.3 Å². The molecule has 9 heteroatoms. The number of hydrogen-bond acceptors (Lipinski definition) is 5. The van der Waals surface area contributed by atoms with Gasteiger partial charge in [0.05, 0.1) is 6.04 Å². The Labute approximate surface area is 183 Å². The van der Waals surface area contributed by atoms with E-state index < -0.39 is 53.1 Å². The van der Waals surface area contributed by atoms with Gasteiger partial charge in [0.15, 0.2) is 6.10 Å². The molecule has 0 saturated heterocycles. The molecule has 2 aromatic carbocycles. The number of carbonyl (C=O) groups excluding carboxylic acids is 3. The molecule has 3 atom stereocenters. The quantitative estimate of drug-likeness (QED) is 0.651. The van der Waals surface area contributed by atoms with Crippen molar-refractivity contribution in [3.05, 3.63) is 77.4 Å². The van der Waals surface area contributed by atoms with Gasteiger partial charge in [-0.3, -0.25) is 19.3 Å². The fourth-order valence-corrected chi connectivity index (χ4v) is 3.47. The maximum Gasteiger partial charge on any atom is 0.263 e. The van der Waals surface area contributed by atoms with Crippen molar-refractivity contribution in [2.24, 2.45) is 5.73 Å². The van der Waals surface area contributed by atoms with Gasteiger partial charge in [-0.2, -0.15) is 0 Å². The van der Waals surface area contributed by atoms with E-state index >= 15 is 0 Å². The van der Waals surface area contributed by atoms with Crippen LogP contribution in [0.4, 0.5) is 8.78 Å². The van der Waals surface area contributed by atoms with Crippen LogP contribution in [0.25, 0.3) is 5.57 Å². The highest BCUT2D eigenvalue weighted by Gasteiger charge is 2.39. The summed E-state index contributed by atoms with van der Waals surface area (Å²) in [6.07, 6.45) is -0.180. The number of imide groups is 1. The molecule has 3 rings (SSSR count). The van der Waals surface area contributed by atoms with E-state index in [1.54, 1.807) is 0 Å². The summed E-state index contributed by atoms with van der Waals surface area (Å²) >= 11 is 0. The second-order valence-electron chi connectivity index (χ2n) is 7.48. The Morgan fingerprint density at radius 1 is 1.12 bits per heavy atom. The molecule has 4 N–H and O–H groups in total. The SMILES string of the molecule is C[C@H](N)C(=O)N(C(=O)[C@@H](O)c1cc(F)cc(F)c1)[C@H]1C=C(c2ccccc2)CCNC1=O. The molecule has 0 radical (unpaired) electrons. The van der Waals surface area contributed by atoms with Crippen molar-refractivity contribution in [3.63, 3.8) is 0 Å². The molecule has 0 spiro atoms. The number of carbonyl (C=O) groups is 3. The van der Waals surface area contributed by atoms with Crippen LogP contribution < -0.4 is 11.1 Å². The Morgan fingerprint density at radius 2 is 1.75 bits per heavy atom. The summed E-state index contributed by atoms with van der Waals surface area (Å²) in [5.74, 6) is -4.79. The average Bonchev–Trinajstić information content (AvgIpc) is 2.95. The minimum absolute atomic E-state index is 0.266. The van der Waals surface area contributed by atoms with Crippen LogP contribution in [0.1, 0.15) is 30.6 Å². The van der Waals surface area contributed by atoms with Crippen LogP contribution in [0.3, 0.4) is 0 Å². The molecule has 1 heterocycles. The van der Waals surface area contributed by atoms with Crippen LogP contribution in [-0.2, 0) is 14.4 Å². The lowest BCUT2D eigenvalue weighted by molar-refractivity contribution is -0.156. The molecular formula is C23H23F2N3O4. The molecule has 2 aromatic rings. The maximum atomic E-state index is 13.6. The van der Waals surface area contributed by atoms with E-state index in [2.05, 4.69) is 5.32 Å². The molecule has 0 unspecified atom stereocenters. The van der Waals surface area contributed by atoms with E-state index in [9.17, 15) is 28.3 Å². The lowest BCUT2D eigenvalue weighted by Crippen LogP contribution is -2.56. The number of benzene rings is 2. The maximum absolute atomic E-state index is 13.6. The Balaban J connectivity index is 2.06. The van der Waals surface area contributed by atoms with Crippen LogP contribution in [-0.4, -0.2) is 46.4 Å². The molecule has 1 aliphatic rings. The molecule has 168 valence electrons. The number of aliphatic hydroxyl groups excluding tert-OH is 1. The summed E-state index contributed by atoms with van der Waals surface area (Å²) in [7, 11) is 0. The zero-order valence-corrected chi connectivity index (χ0v) is 17.3. The van der Waals surface area contributed by atoms with Crippen LogP contribution in [0.5, 0.6) is 0 Å². The highest BCUT2D eigenvalue weighted by atomic mass is 19.1. The normalized spacial score (nSPS) is 18.1. The summed E-state index contributed by atoms with van der Waals surface area (Å²) in [5.41, 5.74) is 6.81. The zero-order valence-electron chi connectivity index (χ0n) is 17.3. The second kappa shape index (κ2) is 9.80. The molecule has 3 amide bonds. The van der Waals surface area contributed by atoms with E-state index in [-0.39, 0.29) is 6.54 Å². The summed E-state index contributed by atoms with van der Waals surface area (Å²) in [5, 5.41) is 13.2. The Morgan fingerprint density at radius 3 is 2.34 bits per heavy atom. The molecule has 0 aliphatic carbocycles. The van der Waals surface area contributed by atoms with Crippen molar-refractivity contribution in [2.45, 2.75) is 31.5 Å². The van der Waals surface area contributed by atoms with E-state index in [0.29, 0.717) is 23.0 Å². The molecule has 32 heavy (non-hydrogen) atoms. The zero-order chi connectivity index (χ0) is 23.4. The highest BCUT2D eigenvalue weighted by molar-refractivity contribution is 6.05. The summed E-state index contributed by atoms with van der Waals surface area (Å²) in [6.45, 7) is 1.59. The molecular weight excluding hydrogens is 420 g/mol. The van der Waals surface area contributed by atoms with Crippen LogP contribution in [0.15, 0.2) is 54.6 Å². The van der Waals surface area contributed by atoms with Gasteiger partial charge in [0.25, 0.3) is 5.91 Å². The molecule has 1 aliphatic heterocycles. The van der Waals surface area contributed by atoms with Crippen LogP contribution >= 0.6 is 0 Å². The van der Waals surface area contributed by atoms with E-state index in [1.165, 1.54) is 13.0 Å². The van der Waals surface area contributed by atoms with Crippen molar-refractivity contribution in [1.29, 1.82) is 0 Å². The smallest absolute Gasteiger partial charge is 0.263 e. The predicted octanol–water partition coefficient (Wildman–Crippen LogP) is 1.67. The first-order valence-electron chi connectivity index (χ1n) is 9.99. The van der Waals surface area contributed by atoms with Gasteiger partial charge in [-0.05, 0) is 48.3 Å². The predicted molar refractivity (Wildman–Crippen MR) is 113 cm³/mol. The van der Waals surface area contributed by atoms with Gasteiger partial charge in [-0.25, -0.2) is 8.78 Å². The first-order valence-corrected chi connectivity index (χ1v) is 9.99. The molecule has 0 aromatic heterocycles. The number of aliphatic hydroxyl groups is 1. The molecule has 0 saturated carbocycles. The lowest BCUT2D eigenvalue weighted by Gasteiger charge is -2.30. The first-order chi connectivity index (χ1) is 15.2. The standard InChI is InChI=1S/C23H23F2N3O4/c1-13(26)22(31)28(23(32)20(29)16-9-17(24)12-18(25)10-16)19-11-15(7-8-27-21(19)30)14-5-3-2-4-6-14/h2-6,9-13,19-20,29H,7-8,26H2,1H3,(H,27,30)/t13-,19-,20-/m0/s1. The fourth-order valence-electron chi connectivity index (χ4n) is 3.47. The van der Waals surface area contributed by atoms with Gasteiger partial charge in [0.2, 0.25) is 11.8 Å². The Hall–Kier alpha value is -3.43. The Bertz CT molecular complexity index is 1040. The van der Waals surface area contributed by atoms with E-state index in [0.717, 1.165) is 17.7 Å². The third kappa shape index (κ3) is 5.06. The molecule has 0 fully saturated rings. The average molecular weight is 443 g/mol. The minimum atomic E-state index is -2.09. The van der Waals surface area contributed by atoms with Crippen LogP contribution in [0, 0.1) is 11.6 Å². The number of nitrogens with one attached hydrogen (secondary N) is 1. The van der Waals surface area contributed by atoms with Gasteiger partial charge in [-0.15, -0.1) is 0 Å². The fraction of sp³-hybridized carbons (Fsp3) is 0.261. The molecule has 0 bridgehead atoms. The first kappa shape index (κ1) is 23.2. The summed E-state index contributed by atoms with van der Waals surface area (Å²) < 4.78 is 27.2. The number of rotatable bonds is 5. The van der Waals surface area contributed by atoms with Gasteiger partial charge in [0, 0.05) is 12.6 Å². The minimum Gasteiger partial charge on any atom is -0.378 e. The highest BCUT2D eigenvalue weighted by Crippen LogP contribution is 2.25. The van der Waals surface area contributed by atoms with Crippen molar-refractivity contribution in [1.82, 2.24) is 10.2 Å². The number of amides is 3. The van der Waals surface area contributed by atoms with Crippen molar-refractivity contribution < 1.29 is 28.3 Å². The summed E-state index contributed by atoms with van der Waals surface area (Å²) in [4.78, 5) is 39.4.